The average molecular weight is 312 g/mol. The maximum atomic E-state index is 12.5. The summed E-state index contributed by atoms with van der Waals surface area (Å²) < 4.78 is 5.25. The van der Waals surface area contributed by atoms with Gasteiger partial charge in [-0.25, -0.2) is 4.79 Å². The van der Waals surface area contributed by atoms with Crippen molar-refractivity contribution in [3.05, 3.63) is 29.6 Å². The highest BCUT2D eigenvalue weighted by Crippen LogP contribution is 2.38. The lowest BCUT2D eigenvalue weighted by molar-refractivity contribution is 0.0173. The molecular formula is C17H20N4O2. The molecule has 23 heavy (non-hydrogen) atoms. The molecule has 2 unspecified atom stereocenters. The van der Waals surface area contributed by atoms with Gasteiger partial charge in [-0.05, 0) is 57.2 Å². The van der Waals surface area contributed by atoms with E-state index < -0.39 is 0 Å². The van der Waals surface area contributed by atoms with Crippen molar-refractivity contribution >= 4 is 11.7 Å². The molecule has 2 fully saturated rings. The summed E-state index contributed by atoms with van der Waals surface area (Å²) in [6.07, 6.45) is 4.66. The van der Waals surface area contributed by atoms with Gasteiger partial charge in [-0.1, -0.05) is 11.2 Å². The quantitative estimate of drug-likeness (QED) is 0.921. The van der Waals surface area contributed by atoms with Crippen molar-refractivity contribution in [2.75, 3.05) is 5.32 Å². The van der Waals surface area contributed by atoms with E-state index in [9.17, 15) is 4.79 Å². The lowest BCUT2D eigenvalue weighted by Gasteiger charge is -2.52. The summed E-state index contributed by atoms with van der Waals surface area (Å²) in [7, 11) is 0. The van der Waals surface area contributed by atoms with Crippen molar-refractivity contribution in [1.29, 1.82) is 0 Å². The van der Waals surface area contributed by atoms with E-state index in [0.29, 0.717) is 23.8 Å². The number of hydrogen-bond acceptors (Lipinski definition) is 4. The molecule has 2 bridgehead atoms. The van der Waals surface area contributed by atoms with Gasteiger partial charge in [0.2, 0.25) is 0 Å². The summed E-state index contributed by atoms with van der Waals surface area (Å²) in [4.78, 5) is 18.8. The minimum atomic E-state index is 0.00228. The number of aryl methyl sites for hydroxylation is 2. The zero-order chi connectivity index (χ0) is 16.0. The molecule has 1 aromatic carbocycles. The van der Waals surface area contributed by atoms with Crippen LogP contribution in [0, 0.1) is 13.8 Å². The molecule has 2 aliphatic heterocycles. The highest BCUT2D eigenvalue weighted by Gasteiger charge is 2.44. The largest absolute Gasteiger partial charge is 0.334 e. The summed E-state index contributed by atoms with van der Waals surface area (Å²) in [5, 5.41) is 6.85. The summed E-state index contributed by atoms with van der Waals surface area (Å²) >= 11 is 0. The Morgan fingerprint density at radius 2 is 2.09 bits per heavy atom. The number of carbonyl (C=O) groups excluding carboxylic acids is 1. The van der Waals surface area contributed by atoms with Crippen LogP contribution < -0.4 is 5.32 Å². The molecule has 0 aliphatic carbocycles. The first-order valence-corrected chi connectivity index (χ1v) is 8.12. The molecule has 1 aromatic heterocycles. The zero-order valence-electron chi connectivity index (χ0n) is 13.4. The van der Waals surface area contributed by atoms with Crippen molar-refractivity contribution in [3.8, 4) is 11.5 Å². The Kier molecular flexibility index (Phi) is 3.32. The van der Waals surface area contributed by atoms with E-state index in [1.54, 1.807) is 6.92 Å². The van der Waals surface area contributed by atoms with E-state index >= 15 is 0 Å². The molecule has 4 rings (SSSR count). The standard InChI is InChI=1S/C17H20N4O2/c1-10-6-7-12(8-15(10)16-18-11(2)20-23-16)19-17(22)21-13-4-3-5-14(21)9-13/h6-8,13-14H,3-5,9H2,1-2H3,(H,19,22). The molecule has 2 amide bonds. The van der Waals surface area contributed by atoms with E-state index in [0.717, 1.165) is 36.1 Å². The van der Waals surface area contributed by atoms with Crippen molar-refractivity contribution in [2.24, 2.45) is 0 Å². The van der Waals surface area contributed by atoms with Gasteiger partial charge in [-0.15, -0.1) is 0 Å². The monoisotopic (exact) mass is 312 g/mol. The maximum absolute atomic E-state index is 12.5. The number of piperidine rings is 1. The van der Waals surface area contributed by atoms with Crippen LogP contribution in [0.2, 0.25) is 0 Å². The van der Waals surface area contributed by atoms with Crippen molar-refractivity contribution in [3.63, 3.8) is 0 Å². The molecule has 2 aromatic rings. The number of carbonyl (C=O) groups is 1. The topological polar surface area (TPSA) is 71.3 Å². The molecule has 2 aliphatic rings. The van der Waals surface area contributed by atoms with E-state index in [2.05, 4.69) is 15.5 Å². The average Bonchev–Trinajstić information content (AvgIpc) is 2.96. The van der Waals surface area contributed by atoms with Crippen molar-refractivity contribution in [2.45, 2.75) is 51.6 Å². The van der Waals surface area contributed by atoms with Gasteiger partial charge in [-0.2, -0.15) is 4.98 Å². The number of hydrogen-bond donors (Lipinski definition) is 1. The molecule has 0 radical (unpaired) electrons. The second kappa shape index (κ2) is 5.37. The fraction of sp³-hybridized carbons (Fsp3) is 0.471. The number of fused-ring (bicyclic) bond motifs is 2. The number of aromatic nitrogens is 2. The zero-order valence-corrected chi connectivity index (χ0v) is 13.4. The Bertz CT molecular complexity index is 741. The first-order chi connectivity index (χ1) is 11.1. The van der Waals surface area contributed by atoms with Gasteiger partial charge in [0.1, 0.15) is 0 Å². The second-order valence-corrected chi connectivity index (χ2v) is 6.49. The highest BCUT2D eigenvalue weighted by molar-refractivity contribution is 5.91. The third kappa shape index (κ3) is 2.48. The minimum Gasteiger partial charge on any atom is -0.334 e. The van der Waals surface area contributed by atoms with Crippen LogP contribution in [-0.2, 0) is 0 Å². The van der Waals surface area contributed by atoms with Crippen LogP contribution >= 0.6 is 0 Å². The molecule has 0 saturated carbocycles. The van der Waals surface area contributed by atoms with E-state index in [1.165, 1.54) is 6.42 Å². The van der Waals surface area contributed by atoms with Gasteiger partial charge in [0.05, 0.1) is 0 Å². The lowest BCUT2D eigenvalue weighted by atomic mass is 9.80. The lowest BCUT2D eigenvalue weighted by Crippen LogP contribution is -2.62. The molecule has 3 heterocycles. The number of amides is 2. The number of nitrogens with one attached hydrogen (secondary N) is 1. The molecular weight excluding hydrogens is 292 g/mol. The predicted molar refractivity (Wildman–Crippen MR) is 86.1 cm³/mol. The number of benzene rings is 1. The number of nitrogens with zero attached hydrogens (tertiary/aromatic N) is 3. The first kappa shape index (κ1) is 14.2. The van der Waals surface area contributed by atoms with E-state index in [-0.39, 0.29) is 6.03 Å². The maximum Gasteiger partial charge on any atom is 0.322 e. The second-order valence-electron chi connectivity index (χ2n) is 6.49. The third-order valence-electron chi connectivity index (χ3n) is 4.89. The fourth-order valence-electron chi connectivity index (χ4n) is 3.66. The van der Waals surface area contributed by atoms with Gasteiger partial charge in [-0.3, -0.25) is 0 Å². The summed E-state index contributed by atoms with van der Waals surface area (Å²) in [5.74, 6) is 1.08. The van der Waals surface area contributed by atoms with Crippen LogP contribution in [0.15, 0.2) is 22.7 Å². The molecule has 6 nitrogen and oxygen atoms in total. The van der Waals surface area contributed by atoms with Crippen molar-refractivity contribution < 1.29 is 9.32 Å². The summed E-state index contributed by atoms with van der Waals surface area (Å²) in [5.41, 5.74) is 2.65. The van der Waals surface area contributed by atoms with Gasteiger partial charge in [0.25, 0.3) is 5.89 Å². The Hall–Kier alpha value is -2.37. The smallest absolute Gasteiger partial charge is 0.322 e. The fourth-order valence-corrected chi connectivity index (χ4v) is 3.66. The van der Waals surface area contributed by atoms with Crippen LogP contribution in [0.4, 0.5) is 10.5 Å². The summed E-state index contributed by atoms with van der Waals surface area (Å²) in [6, 6.07) is 6.63. The Morgan fingerprint density at radius 3 is 2.74 bits per heavy atom. The SMILES string of the molecule is Cc1noc(-c2cc(NC(=O)N3C4CCCC3C4)ccc2C)n1. The molecule has 1 N–H and O–H groups in total. The van der Waals surface area contributed by atoms with Gasteiger partial charge in [0.15, 0.2) is 5.82 Å². The van der Waals surface area contributed by atoms with Crippen LogP contribution in [-0.4, -0.2) is 33.2 Å². The molecule has 0 spiro atoms. The molecule has 6 heteroatoms. The van der Waals surface area contributed by atoms with Crippen LogP contribution in [0.5, 0.6) is 0 Å². The Morgan fingerprint density at radius 1 is 1.30 bits per heavy atom. The highest BCUT2D eigenvalue weighted by atomic mass is 16.5. The first-order valence-electron chi connectivity index (χ1n) is 8.12. The van der Waals surface area contributed by atoms with Gasteiger partial charge < -0.3 is 14.7 Å². The van der Waals surface area contributed by atoms with Crippen molar-refractivity contribution in [1.82, 2.24) is 15.0 Å². The van der Waals surface area contributed by atoms with E-state index in [1.807, 2.05) is 30.0 Å². The third-order valence-corrected chi connectivity index (χ3v) is 4.89. The Labute approximate surface area is 134 Å². The number of urea groups is 1. The predicted octanol–water partition coefficient (Wildman–Crippen LogP) is 3.51. The van der Waals surface area contributed by atoms with Gasteiger partial charge >= 0.3 is 6.03 Å². The molecule has 2 atom stereocenters. The minimum absolute atomic E-state index is 0.00228. The number of rotatable bonds is 2. The van der Waals surface area contributed by atoms with Crippen LogP contribution in [0.1, 0.15) is 37.1 Å². The summed E-state index contributed by atoms with van der Waals surface area (Å²) in [6.45, 7) is 3.77. The van der Waals surface area contributed by atoms with Gasteiger partial charge in [0, 0.05) is 23.3 Å². The molecule has 120 valence electrons. The van der Waals surface area contributed by atoms with Crippen LogP contribution in [0.3, 0.4) is 0 Å². The van der Waals surface area contributed by atoms with Crippen LogP contribution in [0.25, 0.3) is 11.5 Å². The normalized spacial score (nSPS) is 22.6. The van der Waals surface area contributed by atoms with E-state index in [4.69, 9.17) is 4.52 Å². The number of anilines is 1. The Balaban J connectivity index is 1.54. The molecule has 2 saturated heterocycles.